The highest BCUT2D eigenvalue weighted by atomic mass is 28.4. The molecule has 3 rings (SSSR count). The Morgan fingerprint density at radius 2 is 1.42 bits per heavy atom. The molecule has 0 saturated carbocycles. The molecule has 0 aromatic heterocycles. The molecule has 3 nitrogen and oxygen atoms in total. The largest absolute Gasteiger partial charge is 0.353 e. The molecular weight excluding hydrogens is 312 g/mol. The fourth-order valence-corrected chi connectivity index (χ4v) is 4.70. The van der Waals surface area contributed by atoms with Gasteiger partial charge in [0, 0.05) is 0 Å². The van der Waals surface area contributed by atoms with Crippen molar-refractivity contribution in [3.05, 3.63) is 83.2 Å². The summed E-state index contributed by atoms with van der Waals surface area (Å²) in [7, 11) is -1.75. The Labute approximate surface area is 145 Å². The van der Waals surface area contributed by atoms with Crippen molar-refractivity contribution in [1.82, 2.24) is 4.90 Å². The van der Waals surface area contributed by atoms with Crippen LogP contribution in [0.15, 0.2) is 60.7 Å². The third kappa shape index (κ3) is 3.59. The van der Waals surface area contributed by atoms with Crippen molar-refractivity contribution in [2.45, 2.75) is 31.4 Å². The molecule has 0 amide bonds. The van der Waals surface area contributed by atoms with E-state index in [2.05, 4.69) is 77.9 Å². The number of likely N-dealkylation sites (tertiary alicyclic amines) is 1. The minimum Gasteiger partial charge on any atom is -0.349 e. The van der Waals surface area contributed by atoms with Gasteiger partial charge in [-0.25, -0.2) is 6.57 Å². The van der Waals surface area contributed by atoms with Crippen LogP contribution in [0.2, 0.25) is 19.6 Å². The molecule has 0 spiro atoms. The lowest BCUT2D eigenvalue weighted by molar-refractivity contribution is -0.0639. The summed E-state index contributed by atoms with van der Waals surface area (Å²) in [5.41, 5.74) is 1.86. The van der Waals surface area contributed by atoms with Gasteiger partial charge in [0.05, 0.1) is 6.04 Å². The summed E-state index contributed by atoms with van der Waals surface area (Å²) >= 11 is 0. The number of benzene rings is 2. The first-order chi connectivity index (χ1) is 11.4. The fraction of sp³-hybridized carbons (Fsp3) is 0.350. The molecule has 1 aliphatic rings. The maximum absolute atomic E-state index is 7.62. The summed E-state index contributed by atoms with van der Waals surface area (Å²) in [5, 5.41) is 0. The van der Waals surface area contributed by atoms with E-state index in [0.29, 0.717) is 13.1 Å². The monoisotopic (exact) mass is 336 g/mol. The zero-order valence-electron chi connectivity index (χ0n) is 14.6. The van der Waals surface area contributed by atoms with Crippen molar-refractivity contribution in [2.75, 3.05) is 13.1 Å². The minimum absolute atomic E-state index is 0.174. The Hall–Kier alpha value is -1.93. The summed E-state index contributed by atoms with van der Waals surface area (Å²) in [6.07, 6.45) is 0. The number of nitrogens with zero attached hydrogens (tertiary/aromatic N) is 2. The molecule has 0 bridgehead atoms. The predicted octanol–water partition coefficient (Wildman–Crippen LogP) is 4.56. The van der Waals surface area contributed by atoms with E-state index in [1.807, 2.05) is 12.1 Å². The van der Waals surface area contributed by atoms with Crippen LogP contribution in [0.25, 0.3) is 4.85 Å². The molecule has 1 saturated heterocycles. The maximum atomic E-state index is 7.62. The van der Waals surface area contributed by atoms with E-state index in [4.69, 9.17) is 11.0 Å². The van der Waals surface area contributed by atoms with Crippen LogP contribution in [-0.2, 0) is 4.43 Å². The molecule has 1 aliphatic heterocycles. The SMILES string of the molecule is [C-]#[N+]C1(O[Si](C)(C)C)CN(C(c2ccccc2)c2ccccc2)C1. The van der Waals surface area contributed by atoms with Gasteiger partial charge < -0.3 is 4.43 Å². The molecule has 4 heteroatoms. The standard InChI is InChI=1S/C20H24N2OSi/c1-21-20(23-24(2,3)4)15-22(16-20)19(17-11-7-5-8-12-17)18-13-9-6-10-14-18/h5-14,19H,15-16H2,2-4H3. The second-order valence-electron chi connectivity index (χ2n) is 7.40. The first-order valence-corrected chi connectivity index (χ1v) is 11.8. The topological polar surface area (TPSA) is 16.8 Å². The van der Waals surface area contributed by atoms with Gasteiger partial charge in [-0.3, -0.25) is 9.74 Å². The zero-order chi connectivity index (χ0) is 17.2. The average Bonchev–Trinajstić information content (AvgIpc) is 2.53. The van der Waals surface area contributed by atoms with E-state index in [-0.39, 0.29) is 6.04 Å². The van der Waals surface area contributed by atoms with E-state index in [9.17, 15) is 0 Å². The van der Waals surface area contributed by atoms with Gasteiger partial charge >= 0.3 is 5.72 Å². The minimum atomic E-state index is -1.75. The molecule has 124 valence electrons. The van der Waals surface area contributed by atoms with Crippen molar-refractivity contribution >= 4 is 8.32 Å². The van der Waals surface area contributed by atoms with E-state index in [1.54, 1.807) is 0 Å². The zero-order valence-corrected chi connectivity index (χ0v) is 15.6. The highest BCUT2D eigenvalue weighted by Gasteiger charge is 2.55. The van der Waals surface area contributed by atoms with Gasteiger partial charge in [0.15, 0.2) is 8.32 Å². The van der Waals surface area contributed by atoms with Crippen LogP contribution in [0.5, 0.6) is 0 Å². The number of hydrogen-bond acceptors (Lipinski definition) is 2. The van der Waals surface area contributed by atoms with Crippen molar-refractivity contribution in [1.29, 1.82) is 0 Å². The van der Waals surface area contributed by atoms with Crippen molar-refractivity contribution in [3.63, 3.8) is 0 Å². The summed E-state index contributed by atoms with van der Waals surface area (Å²) in [4.78, 5) is 6.20. The lowest BCUT2D eigenvalue weighted by Gasteiger charge is -2.47. The van der Waals surface area contributed by atoms with E-state index < -0.39 is 14.0 Å². The van der Waals surface area contributed by atoms with Crippen molar-refractivity contribution < 1.29 is 4.43 Å². The normalized spacial score (nSPS) is 17.3. The molecule has 2 aromatic rings. The van der Waals surface area contributed by atoms with Gasteiger partial charge in [-0.1, -0.05) is 60.7 Å². The summed E-state index contributed by atoms with van der Waals surface area (Å²) in [6, 6.07) is 21.2. The van der Waals surface area contributed by atoms with Crippen LogP contribution in [0, 0.1) is 6.57 Å². The highest BCUT2D eigenvalue weighted by Crippen LogP contribution is 2.39. The summed E-state index contributed by atoms with van der Waals surface area (Å²) < 4.78 is 6.21. The molecule has 2 aromatic carbocycles. The van der Waals surface area contributed by atoms with Crippen LogP contribution in [-0.4, -0.2) is 32.0 Å². The van der Waals surface area contributed by atoms with E-state index >= 15 is 0 Å². The third-order valence-corrected chi connectivity index (χ3v) is 5.19. The number of rotatable bonds is 5. The Kier molecular flexibility index (Phi) is 4.59. The fourth-order valence-electron chi connectivity index (χ4n) is 3.38. The number of hydrogen-bond donors (Lipinski definition) is 0. The Morgan fingerprint density at radius 1 is 0.958 bits per heavy atom. The van der Waals surface area contributed by atoms with Gasteiger partial charge in [0.25, 0.3) is 0 Å². The smallest absolute Gasteiger partial charge is 0.349 e. The molecule has 1 fully saturated rings. The van der Waals surface area contributed by atoms with E-state index in [0.717, 1.165) is 0 Å². The van der Waals surface area contributed by atoms with Gasteiger partial charge in [0.2, 0.25) is 0 Å². The van der Waals surface area contributed by atoms with Crippen LogP contribution in [0.3, 0.4) is 0 Å². The molecule has 1 heterocycles. The first-order valence-electron chi connectivity index (χ1n) is 8.35. The molecule has 0 aliphatic carbocycles. The van der Waals surface area contributed by atoms with Crippen molar-refractivity contribution in [2.24, 2.45) is 0 Å². The Morgan fingerprint density at radius 3 is 1.79 bits per heavy atom. The molecule has 0 radical (unpaired) electrons. The van der Waals surface area contributed by atoms with Crippen LogP contribution in [0.1, 0.15) is 17.2 Å². The van der Waals surface area contributed by atoms with Crippen molar-refractivity contribution in [3.8, 4) is 0 Å². The Bertz CT molecular complexity index is 673. The average molecular weight is 337 g/mol. The van der Waals surface area contributed by atoms with Gasteiger partial charge in [-0.05, 0) is 30.8 Å². The van der Waals surface area contributed by atoms with E-state index in [1.165, 1.54) is 11.1 Å². The highest BCUT2D eigenvalue weighted by molar-refractivity contribution is 6.69. The molecule has 0 N–H and O–H groups in total. The quantitative estimate of drug-likeness (QED) is 0.588. The van der Waals surface area contributed by atoms with Gasteiger partial charge in [-0.15, -0.1) is 0 Å². The third-order valence-electron chi connectivity index (χ3n) is 4.20. The predicted molar refractivity (Wildman–Crippen MR) is 100 cm³/mol. The lowest BCUT2D eigenvalue weighted by atomic mass is 9.92. The second kappa shape index (κ2) is 6.52. The molecule has 0 unspecified atom stereocenters. The second-order valence-corrected chi connectivity index (χ2v) is 11.8. The maximum Gasteiger partial charge on any atom is 0.353 e. The summed E-state index contributed by atoms with van der Waals surface area (Å²) in [6.45, 7) is 15.4. The molecule has 0 atom stereocenters. The van der Waals surface area contributed by atoms with Crippen LogP contribution in [0.4, 0.5) is 0 Å². The molecule has 24 heavy (non-hydrogen) atoms. The Balaban J connectivity index is 1.86. The lowest BCUT2D eigenvalue weighted by Crippen LogP contribution is -2.64. The van der Waals surface area contributed by atoms with Gasteiger partial charge in [-0.2, -0.15) is 0 Å². The van der Waals surface area contributed by atoms with Crippen LogP contribution >= 0.6 is 0 Å². The summed E-state index contributed by atoms with van der Waals surface area (Å²) in [5.74, 6) is 0. The first kappa shape index (κ1) is 16.9. The van der Waals surface area contributed by atoms with Gasteiger partial charge in [0.1, 0.15) is 13.1 Å². The molecular formula is C20H24N2OSi. The van der Waals surface area contributed by atoms with Crippen LogP contribution < -0.4 is 0 Å².